The number of fused-ring (bicyclic) bond motifs is 2. The number of nitrogens with one attached hydrogen (secondary N) is 1. The Balaban J connectivity index is 1.13. The Morgan fingerprint density at radius 2 is 1.76 bits per heavy atom. The van der Waals surface area contributed by atoms with Crippen LogP contribution < -0.4 is 19.7 Å². The molecule has 0 unspecified atom stereocenters. The number of halogens is 1. The molecule has 14 nitrogen and oxygen atoms in total. The molecule has 0 radical (unpaired) electrons. The Kier molecular flexibility index (Phi) is 10.7. The van der Waals surface area contributed by atoms with E-state index >= 15 is 0 Å². The van der Waals surface area contributed by atoms with Gasteiger partial charge in [-0.15, -0.1) is 0 Å². The van der Waals surface area contributed by atoms with Gasteiger partial charge in [0.05, 0.1) is 36.2 Å². The van der Waals surface area contributed by atoms with E-state index in [1.54, 1.807) is 22.9 Å². The van der Waals surface area contributed by atoms with Crippen molar-refractivity contribution in [1.29, 1.82) is 0 Å². The lowest BCUT2D eigenvalue weighted by molar-refractivity contribution is -0.157. The first-order valence-electron chi connectivity index (χ1n) is 17.2. The summed E-state index contributed by atoms with van der Waals surface area (Å²) in [5.41, 5.74) is 1.04. The number of esters is 1. The molecule has 2 fully saturated rings. The van der Waals surface area contributed by atoms with Crippen LogP contribution in [-0.2, 0) is 14.3 Å². The van der Waals surface area contributed by atoms with Gasteiger partial charge in [0.15, 0.2) is 5.69 Å². The summed E-state index contributed by atoms with van der Waals surface area (Å²) in [6, 6.07) is 5.05. The fourth-order valence-electron chi connectivity index (χ4n) is 6.57. The molecule has 2 saturated heterocycles. The van der Waals surface area contributed by atoms with Crippen molar-refractivity contribution in [2.45, 2.75) is 58.2 Å². The van der Waals surface area contributed by atoms with Gasteiger partial charge in [0.1, 0.15) is 40.7 Å². The van der Waals surface area contributed by atoms with Crippen LogP contribution in [-0.4, -0.2) is 121 Å². The van der Waals surface area contributed by atoms with Crippen LogP contribution in [0.5, 0.6) is 11.5 Å². The Labute approximate surface area is 296 Å². The molecule has 2 amide bonds. The lowest BCUT2D eigenvalue weighted by atomic mass is 9.96. The molecule has 0 bridgehead atoms. The first-order chi connectivity index (χ1) is 23.9. The van der Waals surface area contributed by atoms with Crippen molar-refractivity contribution in [3.05, 3.63) is 35.2 Å². The number of methoxy groups -OCH3 is 1. The maximum atomic E-state index is 13.6. The molecular weight excluding hydrogens is 666 g/mol. The second-order valence-electron chi connectivity index (χ2n) is 14.1. The van der Waals surface area contributed by atoms with E-state index in [1.165, 1.54) is 18.2 Å². The molecule has 50 heavy (non-hydrogen) atoms. The van der Waals surface area contributed by atoms with Crippen molar-refractivity contribution in [1.82, 2.24) is 29.9 Å². The second-order valence-corrected chi connectivity index (χ2v) is 14.5. The van der Waals surface area contributed by atoms with Crippen molar-refractivity contribution in [2.24, 2.45) is 5.92 Å². The Morgan fingerprint density at radius 1 is 1.02 bits per heavy atom. The highest BCUT2D eigenvalue weighted by Gasteiger charge is 2.32. The van der Waals surface area contributed by atoms with E-state index in [4.69, 9.17) is 35.6 Å². The predicted molar refractivity (Wildman–Crippen MR) is 188 cm³/mol. The van der Waals surface area contributed by atoms with E-state index in [2.05, 4.69) is 27.1 Å². The van der Waals surface area contributed by atoms with E-state index in [0.29, 0.717) is 53.4 Å². The van der Waals surface area contributed by atoms with Crippen molar-refractivity contribution < 1.29 is 33.3 Å². The average molecular weight is 712 g/mol. The number of likely N-dealkylation sites (tertiary alicyclic amines) is 2. The quantitative estimate of drug-likeness (QED) is 0.264. The molecule has 15 heteroatoms. The summed E-state index contributed by atoms with van der Waals surface area (Å²) in [6.07, 6.45) is 4.31. The maximum Gasteiger partial charge on any atom is 0.415 e. The fraction of sp³-hybridized carbons (Fsp3) is 0.571. The summed E-state index contributed by atoms with van der Waals surface area (Å²) < 4.78 is 24.7. The highest BCUT2D eigenvalue weighted by Crippen LogP contribution is 2.41. The molecule has 3 aliphatic rings. The maximum absolute atomic E-state index is 13.6. The number of anilines is 1. The van der Waals surface area contributed by atoms with Gasteiger partial charge in [0.25, 0.3) is 5.91 Å². The smallest absolute Gasteiger partial charge is 0.415 e. The predicted octanol–water partition coefficient (Wildman–Crippen LogP) is 4.30. The van der Waals surface area contributed by atoms with Gasteiger partial charge in [0, 0.05) is 50.6 Å². The third kappa shape index (κ3) is 8.08. The normalized spacial score (nSPS) is 18.0. The SMILES string of the molecule is COc1cc2c(cc1-n1nc(C(=O)NCCN3CCC(C(=O)OC4CCN(C)CC4)CC3)c3cnc(Cl)cc31)OCCN2C(=O)OC(C)(C)C. The molecule has 1 N–H and O–H groups in total. The first kappa shape index (κ1) is 35.7. The molecule has 0 atom stereocenters. The number of rotatable bonds is 8. The van der Waals surface area contributed by atoms with Crippen LogP contribution in [0.25, 0.3) is 16.6 Å². The van der Waals surface area contributed by atoms with Gasteiger partial charge in [-0.3, -0.25) is 14.5 Å². The minimum Gasteiger partial charge on any atom is -0.494 e. The number of carbonyl (C=O) groups is 3. The highest BCUT2D eigenvalue weighted by molar-refractivity contribution is 6.30. The summed E-state index contributed by atoms with van der Waals surface area (Å²) in [6.45, 7) is 10.5. The third-order valence-corrected chi connectivity index (χ3v) is 9.50. The van der Waals surface area contributed by atoms with Gasteiger partial charge < -0.3 is 34.1 Å². The minimum absolute atomic E-state index is 0.0221. The number of ether oxygens (including phenoxy) is 4. The highest BCUT2D eigenvalue weighted by atomic mass is 35.5. The van der Waals surface area contributed by atoms with E-state index < -0.39 is 11.7 Å². The van der Waals surface area contributed by atoms with Crippen LogP contribution >= 0.6 is 11.6 Å². The number of nitrogens with zero attached hydrogens (tertiary/aromatic N) is 6. The summed E-state index contributed by atoms with van der Waals surface area (Å²) in [5.74, 6) is 0.309. The Hall–Kier alpha value is -4.14. The summed E-state index contributed by atoms with van der Waals surface area (Å²) >= 11 is 6.31. The minimum atomic E-state index is -0.670. The van der Waals surface area contributed by atoms with Crippen LogP contribution in [0, 0.1) is 5.92 Å². The van der Waals surface area contributed by atoms with Crippen molar-refractivity contribution in [2.75, 3.05) is 71.5 Å². The van der Waals surface area contributed by atoms with E-state index in [0.717, 1.165) is 51.9 Å². The summed E-state index contributed by atoms with van der Waals surface area (Å²) in [4.78, 5) is 49.6. The topological polar surface area (TPSA) is 141 Å². The summed E-state index contributed by atoms with van der Waals surface area (Å²) in [5, 5.41) is 8.44. The van der Waals surface area contributed by atoms with Crippen LogP contribution in [0.1, 0.15) is 56.9 Å². The third-order valence-electron chi connectivity index (χ3n) is 9.30. The summed E-state index contributed by atoms with van der Waals surface area (Å²) in [7, 11) is 3.60. The van der Waals surface area contributed by atoms with E-state index in [-0.39, 0.29) is 41.4 Å². The van der Waals surface area contributed by atoms with Gasteiger partial charge in [-0.05, 0) is 66.6 Å². The molecule has 270 valence electrons. The molecule has 3 aromatic rings. The number of carbonyl (C=O) groups excluding carboxylic acids is 3. The lowest BCUT2D eigenvalue weighted by Gasteiger charge is -2.33. The van der Waals surface area contributed by atoms with Gasteiger partial charge >= 0.3 is 12.1 Å². The van der Waals surface area contributed by atoms with Gasteiger partial charge in [-0.2, -0.15) is 5.10 Å². The van der Waals surface area contributed by atoms with Gasteiger partial charge in [-0.25, -0.2) is 14.5 Å². The zero-order valence-electron chi connectivity index (χ0n) is 29.4. The van der Waals surface area contributed by atoms with Crippen LogP contribution in [0.4, 0.5) is 10.5 Å². The molecule has 6 rings (SSSR count). The fourth-order valence-corrected chi connectivity index (χ4v) is 6.72. The van der Waals surface area contributed by atoms with Crippen LogP contribution in [0.2, 0.25) is 5.15 Å². The van der Waals surface area contributed by atoms with Gasteiger partial charge in [0.2, 0.25) is 0 Å². The standard InChI is InChI=1S/C35H46ClN7O7/c1-35(2,3)50-34(46)42-16-17-48-29-19-27(28(47-5)18-26(29)42)43-25-20-30(36)38-21-24(25)31(39-43)32(44)37-10-15-41-13-6-22(7-14-41)33(45)49-23-8-11-40(4)12-9-23/h18-23H,6-17H2,1-5H3,(H,37,44). The number of aromatic nitrogens is 3. The molecule has 0 spiro atoms. The van der Waals surface area contributed by atoms with E-state index in [9.17, 15) is 14.4 Å². The second kappa shape index (κ2) is 15.0. The van der Waals surface area contributed by atoms with Gasteiger partial charge in [-0.1, -0.05) is 11.6 Å². The number of piperidine rings is 2. The number of pyridine rings is 1. The average Bonchev–Trinajstić information content (AvgIpc) is 3.46. The number of benzene rings is 1. The zero-order valence-corrected chi connectivity index (χ0v) is 30.1. The molecular formula is C35H46ClN7O7. The molecule has 1 aromatic carbocycles. The van der Waals surface area contributed by atoms with Crippen molar-refractivity contribution in [3.8, 4) is 17.2 Å². The number of hydrogen-bond donors (Lipinski definition) is 1. The first-order valence-corrected chi connectivity index (χ1v) is 17.6. The lowest BCUT2D eigenvalue weighted by Crippen LogP contribution is -2.42. The number of hydrogen-bond acceptors (Lipinski definition) is 11. The van der Waals surface area contributed by atoms with Crippen molar-refractivity contribution >= 4 is 46.2 Å². The Morgan fingerprint density at radius 3 is 2.46 bits per heavy atom. The Bertz CT molecular complexity index is 1730. The van der Waals surface area contributed by atoms with Crippen LogP contribution in [0.15, 0.2) is 24.4 Å². The molecule has 0 aliphatic carbocycles. The molecule has 5 heterocycles. The molecule has 2 aromatic heterocycles. The zero-order chi connectivity index (χ0) is 35.6. The van der Waals surface area contributed by atoms with Crippen molar-refractivity contribution in [3.63, 3.8) is 0 Å². The largest absolute Gasteiger partial charge is 0.494 e. The van der Waals surface area contributed by atoms with E-state index in [1.807, 2.05) is 20.8 Å². The molecule has 3 aliphatic heterocycles. The molecule has 0 saturated carbocycles. The number of amides is 2. The monoisotopic (exact) mass is 711 g/mol. The van der Waals surface area contributed by atoms with Crippen LogP contribution in [0.3, 0.4) is 0 Å².